The lowest BCUT2D eigenvalue weighted by molar-refractivity contribution is -0.129. The molecule has 2 nitrogen and oxygen atoms in total. The van der Waals surface area contributed by atoms with Gasteiger partial charge in [-0.25, -0.2) is 0 Å². The Kier molecular flexibility index (Phi) is 2.92. The first kappa shape index (κ1) is 13.4. The van der Waals surface area contributed by atoms with Gasteiger partial charge in [0.15, 0.2) is 0 Å². The number of fused-ring (bicyclic) bond motifs is 5. The zero-order valence-electron chi connectivity index (χ0n) is 13.0. The van der Waals surface area contributed by atoms with E-state index in [0.29, 0.717) is 17.6 Å². The van der Waals surface area contributed by atoms with Crippen molar-refractivity contribution in [3.8, 4) is 5.75 Å². The van der Waals surface area contributed by atoms with Gasteiger partial charge in [-0.1, -0.05) is 13.0 Å². The van der Waals surface area contributed by atoms with Crippen molar-refractivity contribution in [2.24, 2.45) is 17.3 Å². The lowest BCUT2D eigenvalue weighted by Crippen LogP contribution is -2.42. The number of benzene rings is 1. The summed E-state index contributed by atoms with van der Waals surface area (Å²) in [4.78, 5) is 12.3. The molecule has 2 saturated carbocycles. The number of methoxy groups -OCH3 is 1. The summed E-state index contributed by atoms with van der Waals surface area (Å²) < 4.78 is 5.37. The average Bonchev–Trinajstić information content (AvgIpc) is 2.82. The van der Waals surface area contributed by atoms with Crippen LogP contribution in [-0.4, -0.2) is 12.9 Å². The molecule has 0 bridgehead atoms. The smallest absolute Gasteiger partial charge is 0.139 e. The highest BCUT2D eigenvalue weighted by atomic mass is 16.5. The molecule has 4 atom stereocenters. The summed E-state index contributed by atoms with van der Waals surface area (Å²) in [6, 6.07) is 6.61. The highest BCUT2D eigenvalue weighted by Crippen LogP contribution is 2.59. The Morgan fingerprint density at radius 2 is 2.05 bits per heavy atom. The minimum atomic E-state index is -0.00879. The summed E-state index contributed by atoms with van der Waals surface area (Å²) in [5, 5.41) is 0. The van der Waals surface area contributed by atoms with Gasteiger partial charge in [-0.3, -0.25) is 4.79 Å². The molecule has 3 aliphatic carbocycles. The average molecular weight is 284 g/mol. The second-order valence-electron chi connectivity index (χ2n) is 7.40. The quantitative estimate of drug-likeness (QED) is 0.775. The topological polar surface area (TPSA) is 26.3 Å². The Morgan fingerprint density at radius 1 is 1.19 bits per heavy atom. The first-order valence-electron chi connectivity index (χ1n) is 8.33. The number of ether oxygens (including phenoxy) is 1. The highest BCUT2D eigenvalue weighted by Gasteiger charge is 2.54. The number of carbonyl (C=O) groups excluding carboxylic acids is 1. The summed E-state index contributed by atoms with van der Waals surface area (Å²) >= 11 is 0. The van der Waals surface area contributed by atoms with Gasteiger partial charge in [-0.2, -0.15) is 0 Å². The number of ketones is 1. The van der Waals surface area contributed by atoms with Crippen LogP contribution in [0.3, 0.4) is 0 Å². The van der Waals surface area contributed by atoms with Gasteiger partial charge < -0.3 is 4.74 Å². The molecule has 3 unspecified atom stereocenters. The van der Waals surface area contributed by atoms with E-state index in [2.05, 4.69) is 25.1 Å². The van der Waals surface area contributed by atoms with Gasteiger partial charge in [0, 0.05) is 11.8 Å². The number of rotatable bonds is 1. The largest absolute Gasteiger partial charge is 0.497 e. The van der Waals surface area contributed by atoms with E-state index in [0.717, 1.165) is 37.4 Å². The van der Waals surface area contributed by atoms with Crippen LogP contribution in [0.2, 0.25) is 0 Å². The van der Waals surface area contributed by atoms with Crippen LogP contribution in [0.25, 0.3) is 0 Å². The van der Waals surface area contributed by atoms with E-state index >= 15 is 0 Å². The van der Waals surface area contributed by atoms with Gasteiger partial charge >= 0.3 is 0 Å². The molecule has 0 aliphatic heterocycles. The number of carbonyl (C=O) groups is 1. The Morgan fingerprint density at radius 3 is 2.86 bits per heavy atom. The normalized spacial score (nSPS) is 37.6. The van der Waals surface area contributed by atoms with Crippen molar-refractivity contribution >= 4 is 5.78 Å². The molecule has 21 heavy (non-hydrogen) atoms. The summed E-state index contributed by atoms with van der Waals surface area (Å²) in [7, 11) is 1.74. The molecule has 0 radical (unpaired) electrons. The van der Waals surface area contributed by atoms with Crippen LogP contribution in [0.5, 0.6) is 5.75 Å². The lowest BCUT2D eigenvalue weighted by atomic mass is 9.55. The highest BCUT2D eigenvalue weighted by molar-refractivity contribution is 5.87. The molecule has 2 fully saturated rings. The second kappa shape index (κ2) is 4.59. The molecule has 4 rings (SSSR count). The second-order valence-corrected chi connectivity index (χ2v) is 7.40. The van der Waals surface area contributed by atoms with E-state index in [1.165, 1.54) is 24.0 Å². The summed E-state index contributed by atoms with van der Waals surface area (Å²) in [5.41, 5.74) is 3.00. The minimum Gasteiger partial charge on any atom is -0.497 e. The third kappa shape index (κ3) is 1.81. The van der Waals surface area contributed by atoms with E-state index in [1.54, 1.807) is 7.11 Å². The maximum atomic E-state index is 12.3. The molecule has 0 saturated heterocycles. The lowest BCUT2D eigenvalue weighted by Gasteiger charge is -2.48. The van der Waals surface area contributed by atoms with Crippen molar-refractivity contribution in [3.05, 3.63) is 29.3 Å². The van der Waals surface area contributed by atoms with Crippen LogP contribution in [0.15, 0.2) is 18.2 Å². The molecule has 0 heterocycles. The fourth-order valence-electron chi connectivity index (χ4n) is 5.46. The molecular weight excluding hydrogens is 260 g/mol. The molecule has 1 aromatic carbocycles. The van der Waals surface area contributed by atoms with Crippen LogP contribution >= 0.6 is 0 Å². The Balaban J connectivity index is 1.70. The van der Waals surface area contributed by atoms with Crippen LogP contribution in [0, 0.1) is 17.3 Å². The summed E-state index contributed by atoms with van der Waals surface area (Å²) in [5.74, 6) is 3.52. The maximum absolute atomic E-state index is 12.3. The van der Waals surface area contributed by atoms with Crippen molar-refractivity contribution < 1.29 is 9.53 Å². The SMILES string of the molecule is COc1ccc2c(c1)CCC1C2CCC2(C)C(=O)CC[C@@H]12. The number of aryl methyl sites for hydroxylation is 1. The number of hydrogen-bond acceptors (Lipinski definition) is 2. The zero-order chi connectivity index (χ0) is 14.6. The molecule has 1 aromatic rings. The first-order valence-corrected chi connectivity index (χ1v) is 8.33. The molecule has 0 amide bonds. The van der Waals surface area contributed by atoms with Crippen molar-refractivity contribution in [1.29, 1.82) is 0 Å². The van der Waals surface area contributed by atoms with E-state index < -0.39 is 0 Å². The van der Waals surface area contributed by atoms with Gasteiger partial charge in [0.1, 0.15) is 11.5 Å². The number of hydrogen-bond donors (Lipinski definition) is 0. The molecule has 0 N–H and O–H groups in total. The van der Waals surface area contributed by atoms with Crippen LogP contribution < -0.4 is 4.74 Å². The Bertz CT molecular complexity index is 591. The van der Waals surface area contributed by atoms with E-state index in [9.17, 15) is 4.79 Å². The van der Waals surface area contributed by atoms with Gasteiger partial charge in [0.2, 0.25) is 0 Å². The molecular formula is C19H24O2. The van der Waals surface area contributed by atoms with Crippen LogP contribution in [0.4, 0.5) is 0 Å². The van der Waals surface area contributed by atoms with Crippen LogP contribution in [-0.2, 0) is 11.2 Å². The van der Waals surface area contributed by atoms with Gasteiger partial charge in [0.05, 0.1) is 7.11 Å². The number of Topliss-reactive ketones (excluding diaryl/α,β-unsaturated/α-hetero) is 1. The third-order valence-electron chi connectivity index (χ3n) is 6.64. The monoisotopic (exact) mass is 284 g/mol. The predicted molar refractivity (Wildman–Crippen MR) is 82.6 cm³/mol. The van der Waals surface area contributed by atoms with E-state index in [4.69, 9.17) is 4.74 Å². The van der Waals surface area contributed by atoms with Crippen molar-refractivity contribution in [2.45, 2.75) is 51.4 Å². The predicted octanol–water partition coefficient (Wildman–Crippen LogP) is 4.12. The van der Waals surface area contributed by atoms with Crippen molar-refractivity contribution in [3.63, 3.8) is 0 Å². The van der Waals surface area contributed by atoms with E-state index in [-0.39, 0.29) is 5.41 Å². The standard InChI is InChI=1S/C19H24O2/c1-19-10-9-15-14-6-4-13(21-2)11-12(14)3-5-16(15)17(19)7-8-18(19)20/h4,6,11,15-17H,3,5,7-10H2,1-2H3/t15?,16?,17-,19?/m0/s1. The summed E-state index contributed by atoms with van der Waals surface area (Å²) in [6.07, 6.45) is 6.61. The fraction of sp³-hybridized carbons (Fsp3) is 0.632. The van der Waals surface area contributed by atoms with Gasteiger partial charge in [-0.05, 0) is 73.1 Å². The minimum absolute atomic E-state index is 0.00879. The molecule has 3 aliphatic rings. The maximum Gasteiger partial charge on any atom is 0.139 e. The molecule has 112 valence electrons. The molecule has 0 aromatic heterocycles. The fourth-order valence-corrected chi connectivity index (χ4v) is 5.46. The van der Waals surface area contributed by atoms with E-state index in [1.807, 2.05) is 0 Å². The van der Waals surface area contributed by atoms with Crippen LogP contribution in [0.1, 0.15) is 56.1 Å². The van der Waals surface area contributed by atoms with Gasteiger partial charge in [0.25, 0.3) is 0 Å². The first-order chi connectivity index (χ1) is 10.1. The summed E-state index contributed by atoms with van der Waals surface area (Å²) in [6.45, 7) is 2.24. The molecule has 0 spiro atoms. The van der Waals surface area contributed by atoms with Crippen molar-refractivity contribution in [2.75, 3.05) is 7.11 Å². The Labute approximate surface area is 126 Å². The Hall–Kier alpha value is -1.31. The zero-order valence-corrected chi connectivity index (χ0v) is 13.0. The third-order valence-corrected chi connectivity index (χ3v) is 6.64. The van der Waals surface area contributed by atoms with Gasteiger partial charge in [-0.15, -0.1) is 0 Å². The van der Waals surface area contributed by atoms with Crippen molar-refractivity contribution in [1.82, 2.24) is 0 Å². The molecule has 2 heteroatoms.